The Morgan fingerprint density at radius 1 is 1.11 bits per heavy atom. The van der Waals surface area contributed by atoms with Crippen LogP contribution in [0.3, 0.4) is 0 Å². The monoisotopic (exact) mass is 368 g/mol. The van der Waals surface area contributed by atoms with Crippen LogP contribution in [0.5, 0.6) is 11.5 Å². The lowest BCUT2D eigenvalue weighted by atomic mass is 9.78. The summed E-state index contributed by atoms with van der Waals surface area (Å²) in [5.41, 5.74) is 1.42. The predicted octanol–water partition coefficient (Wildman–Crippen LogP) is 2.12. The first-order valence-electron chi connectivity index (χ1n) is 9.08. The normalized spacial score (nSPS) is 17.1. The number of carbonyl (C=O) groups excluding carboxylic acids is 1. The lowest BCUT2D eigenvalue weighted by Crippen LogP contribution is -2.63. The first kappa shape index (κ1) is 17.6. The van der Waals surface area contributed by atoms with E-state index < -0.39 is 0 Å². The van der Waals surface area contributed by atoms with Gasteiger partial charge in [-0.3, -0.25) is 9.78 Å². The van der Waals surface area contributed by atoms with Gasteiger partial charge in [0.05, 0.1) is 30.9 Å². The molecule has 0 radical (unpaired) electrons. The second kappa shape index (κ2) is 6.40. The summed E-state index contributed by atoms with van der Waals surface area (Å²) < 4.78 is 10.6. The van der Waals surface area contributed by atoms with Crippen molar-refractivity contribution in [3.8, 4) is 11.5 Å². The summed E-state index contributed by atoms with van der Waals surface area (Å²) in [7, 11) is 3.15. The van der Waals surface area contributed by atoms with Crippen LogP contribution in [-0.4, -0.2) is 60.7 Å². The standard InChI is InChI=1S/C20H24N4O3/c1-13(2)24-12-20(17-18(24)22-8-7-21-17)10-23(11-20)19(25)15-6-5-14(26-3)9-16(15)27-4/h5-9,13H,10-12H2,1-4H3. The van der Waals surface area contributed by atoms with Gasteiger partial charge in [-0.2, -0.15) is 0 Å². The zero-order valence-electron chi connectivity index (χ0n) is 16.1. The van der Waals surface area contributed by atoms with E-state index in [0.29, 0.717) is 36.2 Å². The Kier molecular flexibility index (Phi) is 4.17. The number of carbonyl (C=O) groups is 1. The molecule has 7 nitrogen and oxygen atoms in total. The van der Waals surface area contributed by atoms with Gasteiger partial charge in [0, 0.05) is 44.1 Å². The molecule has 7 heteroatoms. The molecule has 4 rings (SSSR count). The molecule has 2 aromatic rings. The van der Waals surface area contributed by atoms with Gasteiger partial charge in [-0.15, -0.1) is 0 Å². The fourth-order valence-corrected chi connectivity index (χ4v) is 4.04. The number of aromatic nitrogens is 2. The Labute approximate surface area is 158 Å². The Morgan fingerprint density at radius 2 is 1.85 bits per heavy atom. The summed E-state index contributed by atoms with van der Waals surface area (Å²) >= 11 is 0. The molecule has 0 bridgehead atoms. The van der Waals surface area contributed by atoms with Crippen LogP contribution in [-0.2, 0) is 5.41 Å². The number of anilines is 1. The van der Waals surface area contributed by atoms with Crippen molar-refractivity contribution in [1.82, 2.24) is 14.9 Å². The molecule has 1 amide bonds. The summed E-state index contributed by atoms with van der Waals surface area (Å²) in [6.45, 7) is 6.42. The molecule has 2 aliphatic heterocycles. The Bertz CT molecular complexity index is 877. The molecule has 0 aliphatic carbocycles. The third-order valence-electron chi connectivity index (χ3n) is 5.46. The second-order valence-corrected chi connectivity index (χ2v) is 7.46. The zero-order chi connectivity index (χ0) is 19.2. The quantitative estimate of drug-likeness (QED) is 0.823. The van der Waals surface area contributed by atoms with Crippen LogP contribution in [0.4, 0.5) is 5.82 Å². The molecule has 2 aliphatic rings. The molecule has 142 valence electrons. The Hall–Kier alpha value is -2.83. The predicted molar refractivity (Wildman–Crippen MR) is 102 cm³/mol. The van der Waals surface area contributed by atoms with Crippen LogP contribution in [0.25, 0.3) is 0 Å². The minimum Gasteiger partial charge on any atom is -0.497 e. The molecule has 0 saturated carbocycles. The third-order valence-corrected chi connectivity index (χ3v) is 5.46. The lowest BCUT2D eigenvalue weighted by molar-refractivity contribution is 0.0412. The van der Waals surface area contributed by atoms with Gasteiger partial charge in [-0.05, 0) is 26.0 Å². The van der Waals surface area contributed by atoms with E-state index in [4.69, 9.17) is 9.47 Å². The average Bonchev–Trinajstić information content (AvgIpc) is 3.01. The SMILES string of the molecule is COc1ccc(C(=O)N2CC3(C2)CN(C(C)C)c2nccnc23)c(OC)c1. The van der Waals surface area contributed by atoms with Crippen molar-refractivity contribution < 1.29 is 14.3 Å². The van der Waals surface area contributed by atoms with Gasteiger partial charge in [0.15, 0.2) is 5.82 Å². The average molecular weight is 368 g/mol. The highest BCUT2D eigenvalue weighted by atomic mass is 16.5. The number of hydrogen-bond donors (Lipinski definition) is 0. The number of fused-ring (bicyclic) bond motifs is 2. The van der Waals surface area contributed by atoms with E-state index in [2.05, 4.69) is 28.7 Å². The first-order chi connectivity index (χ1) is 13.0. The van der Waals surface area contributed by atoms with Gasteiger partial charge in [-0.1, -0.05) is 0 Å². The van der Waals surface area contributed by atoms with Crippen molar-refractivity contribution in [1.29, 1.82) is 0 Å². The molecule has 3 heterocycles. The Morgan fingerprint density at radius 3 is 2.52 bits per heavy atom. The highest BCUT2D eigenvalue weighted by Gasteiger charge is 2.55. The molecule has 1 fully saturated rings. The van der Waals surface area contributed by atoms with Crippen molar-refractivity contribution in [3.05, 3.63) is 41.9 Å². The second-order valence-electron chi connectivity index (χ2n) is 7.46. The molecule has 27 heavy (non-hydrogen) atoms. The molecule has 1 aromatic carbocycles. The zero-order valence-corrected chi connectivity index (χ0v) is 16.1. The van der Waals surface area contributed by atoms with Crippen LogP contribution in [0.1, 0.15) is 29.9 Å². The van der Waals surface area contributed by atoms with Crippen LogP contribution < -0.4 is 14.4 Å². The number of methoxy groups -OCH3 is 2. The van der Waals surface area contributed by atoms with Crippen LogP contribution in [0.2, 0.25) is 0 Å². The maximum absolute atomic E-state index is 13.0. The van der Waals surface area contributed by atoms with E-state index in [1.54, 1.807) is 44.8 Å². The number of benzene rings is 1. The van der Waals surface area contributed by atoms with Crippen molar-refractivity contribution >= 4 is 11.7 Å². The van der Waals surface area contributed by atoms with Crippen molar-refractivity contribution in [2.45, 2.75) is 25.3 Å². The maximum atomic E-state index is 13.0. The van der Waals surface area contributed by atoms with Crippen LogP contribution in [0, 0.1) is 0 Å². The van der Waals surface area contributed by atoms with Crippen LogP contribution in [0.15, 0.2) is 30.6 Å². The van der Waals surface area contributed by atoms with Gasteiger partial charge in [0.2, 0.25) is 0 Å². The van der Waals surface area contributed by atoms with Gasteiger partial charge >= 0.3 is 0 Å². The number of nitrogens with zero attached hydrogens (tertiary/aromatic N) is 4. The highest BCUT2D eigenvalue weighted by molar-refractivity contribution is 5.98. The van der Waals surface area contributed by atoms with E-state index in [0.717, 1.165) is 18.1 Å². The summed E-state index contributed by atoms with van der Waals surface area (Å²) in [5.74, 6) is 2.10. The highest BCUT2D eigenvalue weighted by Crippen LogP contribution is 2.45. The van der Waals surface area contributed by atoms with E-state index in [1.807, 2.05) is 4.90 Å². The van der Waals surface area contributed by atoms with Crippen molar-refractivity contribution in [2.75, 3.05) is 38.8 Å². The number of ether oxygens (including phenoxy) is 2. The largest absolute Gasteiger partial charge is 0.497 e. The van der Waals surface area contributed by atoms with E-state index in [9.17, 15) is 4.79 Å². The Balaban J connectivity index is 1.57. The molecule has 0 atom stereocenters. The molecular formula is C20H24N4O3. The van der Waals surface area contributed by atoms with Gasteiger partial charge in [0.1, 0.15) is 11.5 Å². The molecule has 1 aromatic heterocycles. The fraction of sp³-hybridized carbons (Fsp3) is 0.450. The minimum absolute atomic E-state index is 0.0337. The fourth-order valence-electron chi connectivity index (χ4n) is 4.04. The van der Waals surface area contributed by atoms with Gasteiger partial charge in [0.25, 0.3) is 5.91 Å². The number of rotatable bonds is 4. The van der Waals surface area contributed by atoms with Crippen LogP contribution >= 0.6 is 0 Å². The summed E-state index contributed by atoms with van der Waals surface area (Å²) in [5, 5.41) is 0. The number of amides is 1. The summed E-state index contributed by atoms with van der Waals surface area (Å²) in [6.07, 6.45) is 3.47. The molecule has 0 unspecified atom stereocenters. The van der Waals surface area contributed by atoms with E-state index >= 15 is 0 Å². The maximum Gasteiger partial charge on any atom is 0.257 e. The van der Waals surface area contributed by atoms with Gasteiger partial charge in [-0.25, -0.2) is 4.98 Å². The van der Waals surface area contributed by atoms with E-state index in [-0.39, 0.29) is 11.3 Å². The summed E-state index contributed by atoms with van der Waals surface area (Å²) in [4.78, 5) is 26.3. The van der Waals surface area contributed by atoms with Crippen molar-refractivity contribution in [2.24, 2.45) is 0 Å². The summed E-state index contributed by atoms with van der Waals surface area (Å²) in [6, 6.07) is 5.61. The van der Waals surface area contributed by atoms with Gasteiger partial charge < -0.3 is 19.3 Å². The topological polar surface area (TPSA) is 67.8 Å². The number of likely N-dealkylation sites (tertiary alicyclic amines) is 1. The molecular weight excluding hydrogens is 344 g/mol. The smallest absolute Gasteiger partial charge is 0.257 e. The molecule has 1 spiro atoms. The third kappa shape index (κ3) is 2.69. The van der Waals surface area contributed by atoms with Crippen molar-refractivity contribution in [3.63, 3.8) is 0 Å². The lowest BCUT2D eigenvalue weighted by Gasteiger charge is -2.47. The first-order valence-corrected chi connectivity index (χ1v) is 9.08. The number of hydrogen-bond acceptors (Lipinski definition) is 6. The minimum atomic E-state index is -0.136. The molecule has 0 N–H and O–H groups in total. The molecule has 1 saturated heterocycles. The van der Waals surface area contributed by atoms with E-state index in [1.165, 1.54) is 0 Å².